The summed E-state index contributed by atoms with van der Waals surface area (Å²) in [5.74, 6) is 0. The van der Waals surface area contributed by atoms with E-state index >= 15 is 0 Å². The molecule has 4 heteroatoms. The Balaban J connectivity index is 2.35. The molecule has 0 spiro atoms. The van der Waals surface area contributed by atoms with Crippen molar-refractivity contribution in [2.24, 2.45) is 0 Å². The summed E-state index contributed by atoms with van der Waals surface area (Å²) < 4.78 is 4.98. The third-order valence-corrected chi connectivity index (χ3v) is 2.32. The molecule has 2 N–H and O–H groups in total. The molecule has 4 nitrogen and oxygen atoms in total. The van der Waals surface area contributed by atoms with Gasteiger partial charge in [-0.05, 0) is 6.92 Å². The summed E-state index contributed by atoms with van der Waals surface area (Å²) in [7, 11) is 1.65. The van der Waals surface area contributed by atoms with Gasteiger partial charge >= 0.3 is 0 Å². The van der Waals surface area contributed by atoms with Gasteiger partial charge in [0.1, 0.15) is 0 Å². The highest BCUT2D eigenvalue weighted by atomic mass is 16.5. The third kappa shape index (κ3) is 2.17. The summed E-state index contributed by atoms with van der Waals surface area (Å²) in [6.07, 6.45) is -1.19. The van der Waals surface area contributed by atoms with Crippen molar-refractivity contribution < 1.29 is 14.9 Å². The Kier molecular flexibility index (Phi) is 3.46. The zero-order valence-electron chi connectivity index (χ0n) is 7.60. The summed E-state index contributed by atoms with van der Waals surface area (Å²) in [6, 6.07) is 0.266. The first kappa shape index (κ1) is 9.92. The van der Waals surface area contributed by atoms with Crippen LogP contribution in [0.25, 0.3) is 0 Å². The monoisotopic (exact) mass is 175 g/mol. The highest BCUT2D eigenvalue weighted by molar-refractivity contribution is 4.85. The van der Waals surface area contributed by atoms with E-state index in [1.54, 1.807) is 7.11 Å². The van der Waals surface area contributed by atoms with Crippen LogP contribution in [0.15, 0.2) is 0 Å². The fraction of sp³-hybridized carbons (Fsp3) is 1.00. The molecule has 1 heterocycles. The molecule has 1 rings (SSSR count). The lowest BCUT2D eigenvalue weighted by atomic mass is 10.3. The molecule has 72 valence electrons. The first-order valence-corrected chi connectivity index (χ1v) is 4.24. The van der Waals surface area contributed by atoms with Crippen LogP contribution in [0.4, 0.5) is 0 Å². The van der Waals surface area contributed by atoms with Crippen LogP contribution < -0.4 is 0 Å². The topological polar surface area (TPSA) is 52.9 Å². The molecule has 1 saturated heterocycles. The van der Waals surface area contributed by atoms with Gasteiger partial charge in [0.25, 0.3) is 0 Å². The van der Waals surface area contributed by atoms with E-state index in [-0.39, 0.29) is 6.04 Å². The first-order valence-electron chi connectivity index (χ1n) is 4.24. The van der Waals surface area contributed by atoms with E-state index < -0.39 is 12.2 Å². The van der Waals surface area contributed by atoms with E-state index in [0.717, 1.165) is 0 Å². The van der Waals surface area contributed by atoms with Gasteiger partial charge in [-0.2, -0.15) is 0 Å². The van der Waals surface area contributed by atoms with Crippen LogP contribution in [-0.4, -0.2) is 60.2 Å². The molecule has 3 atom stereocenters. The second-order valence-corrected chi connectivity index (χ2v) is 3.39. The number of aliphatic hydroxyl groups is 2. The normalized spacial score (nSPS) is 34.0. The maximum absolute atomic E-state index is 9.25. The number of aliphatic hydroxyl groups excluding tert-OH is 2. The fourth-order valence-corrected chi connectivity index (χ4v) is 1.50. The average Bonchev–Trinajstić information content (AvgIpc) is 2.33. The van der Waals surface area contributed by atoms with Gasteiger partial charge in [-0.1, -0.05) is 0 Å². The Labute approximate surface area is 72.7 Å². The molecule has 0 aromatic rings. The van der Waals surface area contributed by atoms with Crippen LogP contribution in [0.2, 0.25) is 0 Å². The molecule has 0 aliphatic carbocycles. The lowest BCUT2D eigenvalue weighted by Gasteiger charge is -2.22. The Bertz CT molecular complexity index is 132. The Morgan fingerprint density at radius 2 is 1.92 bits per heavy atom. The number of ether oxygens (including phenoxy) is 1. The molecule has 0 aromatic carbocycles. The lowest BCUT2D eigenvalue weighted by molar-refractivity contribution is 0.0572. The predicted octanol–water partition coefficient (Wildman–Crippen LogP) is -0.941. The second kappa shape index (κ2) is 4.18. The molecular weight excluding hydrogens is 158 g/mol. The summed E-state index contributed by atoms with van der Waals surface area (Å²) in [4.78, 5) is 2.03. The van der Waals surface area contributed by atoms with E-state index in [1.165, 1.54) is 0 Å². The van der Waals surface area contributed by atoms with Crippen LogP contribution in [0, 0.1) is 0 Å². The maximum atomic E-state index is 9.25. The number of hydrogen-bond donors (Lipinski definition) is 2. The predicted molar refractivity (Wildman–Crippen MR) is 44.9 cm³/mol. The number of likely N-dealkylation sites (tertiary alicyclic amines) is 1. The molecule has 1 aliphatic rings. The average molecular weight is 175 g/mol. The van der Waals surface area contributed by atoms with Crippen molar-refractivity contribution in [1.29, 1.82) is 0 Å². The minimum absolute atomic E-state index is 0.266. The summed E-state index contributed by atoms with van der Waals surface area (Å²) in [6.45, 7) is 3.76. The number of β-amino-alcohol motifs (C(OH)–C–C–N with tert-alkyl or cyclic N) is 2. The molecule has 0 aromatic heterocycles. The molecule has 0 radical (unpaired) electrons. The molecule has 1 aliphatic heterocycles. The van der Waals surface area contributed by atoms with Gasteiger partial charge in [0.15, 0.2) is 0 Å². The number of methoxy groups -OCH3 is 1. The minimum atomic E-state index is -0.593. The van der Waals surface area contributed by atoms with Crippen molar-refractivity contribution in [3.63, 3.8) is 0 Å². The molecule has 1 fully saturated rings. The molecule has 0 amide bonds. The fourth-order valence-electron chi connectivity index (χ4n) is 1.50. The van der Waals surface area contributed by atoms with E-state index in [0.29, 0.717) is 19.7 Å². The Morgan fingerprint density at radius 3 is 2.33 bits per heavy atom. The van der Waals surface area contributed by atoms with Crippen LogP contribution in [0.1, 0.15) is 6.92 Å². The van der Waals surface area contributed by atoms with E-state index in [1.807, 2.05) is 11.8 Å². The molecular formula is C8H17NO3. The maximum Gasteiger partial charge on any atom is 0.0938 e. The van der Waals surface area contributed by atoms with Crippen LogP contribution in [0.5, 0.6) is 0 Å². The minimum Gasteiger partial charge on any atom is -0.389 e. The zero-order chi connectivity index (χ0) is 9.14. The van der Waals surface area contributed by atoms with Crippen molar-refractivity contribution in [2.45, 2.75) is 25.2 Å². The van der Waals surface area contributed by atoms with Crippen molar-refractivity contribution in [3.8, 4) is 0 Å². The van der Waals surface area contributed by atoms with Gasteiger partial charge < -0.3 is 14.9 Å². The van der Waals surface area contributed by atoms with Crippen molar-refractivity contribution >= 4 is 0 Å². The van der Waals surface area contributed by atoms with Crippen LogP contribution >= 0.6 is 0 Å². The van der Waals surface area contributed by atoms with Gasteiger partial charge in [-0.3, -0.25) is 4.90 Å². The lowest BCUT2D eigenvalue weighted by Crippen LogP contribution is -2.35. The largest absolute Gasteiger partial charge is 0.389 e. The van der Waals surface area contributed by atoms with Gasteiger partial charge in [0.05, 0.1) is 18.8 Å². The van der Waals surface area contributed by atoms with E-state index in [9.17, 15) is 10.2 Å². The number of nitrogens with zero attached hydrogens (tertiary/aromatic N) is 1. The molecule has 1 unspecified atom stereocenters. The third-order valence-electron chi connectivity index (χ3n) is 2.32. The van der Waals surface area contributed by atoms with Crippen molar-refractivity contribution in [1.82, 2.24) is 4.90 Å². The summed E-state index contributed by atoms with van der Waals surface area (Å²) in [5, 5.41) is 18.5. The standard InChI is InChI=1S/C8H17NO3/c1-6(5-12-2)9-3-7(10)8(11)4-9/h6-8,10-11H,3-5H2,1-2H3/t6?,7-,8+. The van der Waals surface area contributed by atoms with Crippen LogP contribution in [0.3, 0.4) is 0 Å². The highest BCUT2D eigenvalue weighted by Gasteiger charge is 2.31. The molecule has 12 heavy (non-hydrogen) atoms. The summed E-state index contributed by atoms with van der Waals surface area (Å²) >= 11 is 0. The molecule has 0 bridgehead atoms. The molecule has 0 saturated carbocycles. The highest BCUT2D eigenvalue weighted by Crippen LogP contribution is 2.13. The quantitative estimate of drug-likeness (QED) is 0.581. The second-order valence-electron chi connectivity index (χ2n) is 3.39. The van der Waals surface area contributed by atoms with Crippen LogP contribution in [-0.2, 0) is 4.74 Å². The van der Waals surface area contributed by atoms with E-state index in [2.05, 4.69) is 0 Å². The first-order chi connectivity index (χ1) is 5.65. The van der Waals surface area contributed by atoms with Gasteiger partial charge in [-0.25, -0.2) is 0 Å². The number of rotatable bonds is 3. The number of hydrogen-bond acceptors (Lipinski definition) is 4. The summed E-state index contributed by atoms with van der Waals surface area (Å²) in [5.41, 5.74) is 0. The zero-order valence-corrected chi connectivity index (χ0v) is 7.60. The van der Waals surface area contributed by atoms with Crippen molar-refractivity contribution in [3.05, 3.63) is 0 Å². The van der Waals surface area contributed by atoms with Gasteiger partial charge in [-0.15, -0.1) is 0 Å². The van der Waals surface area contributed by atoms with Crippen molar-refractivity contribution in [2.75, 3.05) is 26.8 Å². The smallest absolute Gasteiger partial charge is 0.0938 e. The Hall–Kier alpha value is -0.160. The Morgan fingerprint density at radius 1 is 1.42 bits per heavy atom. The van der Waals surface area contributed by atoms with Gasteiger partial charge in [0.2, 0.25) is 0 Å². The van der Waals surface area contributed by atoms with Gasteiger partial charge in [0, 0.05) is 26.2 Å². The SMILES string of the molecule is COCC(C)N1C[C@@H](O)[C@@H](O)C1. The van der Waals surface area contributed by atoms with E-state index in [4.69, 9.17) is 4.74 Å².